The average molecular weight is 173 g/mol. The zero-order chi connectivity index (χ0) is 8.10. The number of rotatable bonds is 4. The third-order valence-electron chi connectivity index (χ3n) is 2.59. The summed E-state index contributed by atoms with van der Waals surface area (Å²) in [4.78, 5) is 2.62. The predicted molar refractivity (Wildman–Crippen MR) is 53.4 cm³/mol. The molecule has 1 aliphatic rings. The van der Waals surface area contributed by atoms with Gasteiger partial charge in [-0.3, -0.25) is 0 Å². The monoisotopic (exact) mass is 173 g/mol. The van der Waals surface area contributed by atoms with Gasteiger partial charge in [0.05, 0.1) is 0 Å². The highest BCUT2D eigenvalue weighted by Gasteiger charge is 2.18. The second-order valence-electron chi connectivity index (χ2n) is 3.32. The van der Waals surface area contributed by atoms with Crippen LogP contribution < -0.4 is 0 Å². The van der Waals surface area contributed by atoms with Crippen molar-refractivity contribution in [3.8, 4) is 0 Å². The Morgan fingerprint density at radius 2 is 2.00 bits per heavy atom. The molecular formula is C9H19NS. The smallest absolute Gasteiger partial charge is 0.0100 e. The normalized spacial score (nSPS) is 22.4. The van der Waals surface area contributed by atoms with Gasteiger partial charge in [-0.2, -0.15) is 12.6 Å². The lowest BCUT2D eigenvalue weighted by Gasteiger charge is -2.25. The zero-order valence-corrected chi connectivity index (χ0v) is 8.32. The molecule has 2 heteroatoms. The molecule has 0 bridgehead atoms. The van der Waals surface area contributed by atoms with Crippen LogP contribution >= 0.6 is 12.6 Å². The maximum absolute atomic E-state index is 4.28. The molecule has 0 amide bonds. The molecule has 0 aromatic heterocycles. The molecule has 0 spiro atoms. The van der Waals surface area contributed by atoms with E-state index in [1.165, 1.54) is 38.8 Å². The minimum Gasteiger partial charge on any atom is -0.300 e. The molecule has 1 nitrogen and oxygen atoms in total. The molecule has 1 atom stereocenters. The summed E-state index contributed by atoms with van der Waals surface area (Å²) < 4.78 is 0. The molecule has 1 aliphatic heterocycles. The summed E-state index contributed by atoms with van der Waals surface area (Å²) in [7, 11) is 0. The summed E-state index contributed by atoms with van der Waals surface area (Å²) in [5.41, 5.74) is 0. The topological polar surface area (TPSA) is 3.24 Å². The number of thiol groups is 1. The lowest BCUT2D eigenvalue weighted by molar-refractivity contribution is 0.231. The van der Waals surface area contributed by atoms with Crippen molar-refractivity contribution in [2.24, 2.45) is 0 Å². The van der Waals surface area contributed by atoms with E-state index < -0.39 is 0 Å². The third-order valence-corrected chi connectivity index (χ3v) is 2.85. The third kappa shape index (κ3) is 2.68. The molecule has 0 N–H and O–H groups in total. The fourth-order valence-corrected chi connectivity index (χ4v) is 2.20. The van der Waals surface area contributed by atoms with Crippen molar-refractivity contribution in [1.82, 2.24) is 4.90 Å². The van der Waals surface area contributed by atoms with Crippen molar-refractivity contribution in [3.05, 3.63) is 0 Å². The van der Waals surface area contributed by atoms with Gasteiger partial charge in [0.25, 0.3) is 0 Å². The van der Waals surface area contributed by atoms with Crippen LogP contribution in [0.3, 0.4) is 0 Å². The lowest BCUT2D eigenvalue weighted by atomic mass is 10.1. The summed E-state index contributed by atoms with van der Waals surface area (Å²) in [6, 6.07) is 0.815. The first kappa shape index (κ1) is 9.40. The predicted octanol–water partition coefficient (Wildman–Crippen LogP) is 2.18. The molecule has 1 unspecified atom stereocenters. The molecule has 0 aliphatic carbocycles. The summed E-state index contributed by atoms with van der Waals surface area (Å²) in [6.07, 6.45) is 5.37. The van der Waals surface area contributed by atoms with Gasteiger partial charge in [-0.15, -0.1) is 0 Å². The maximum Gasteiger partial charge on any atom is 0.0100 e. The Balaban J connectivity index is 2.27. The van der Waals surface area contributed by atoms with Crippen LogP contribution in [0, 0.1) is 0 Å². The van der Waals surface area contributed by atoms with Crippen molar-refractivity contribution in [2.45, 2.75) is 38.6 Å². The van der Waals surface area contributed by atoms with E-state index in [-0.39, 0.29) is 0 Å². The van der Waals surface area contributed by atoms with Crippen molar-refractivity contribution in [3.63, 3.8) is 0 Å². The number of nitrogens with zero attached hydrogens (tertiary/aromatic N) is 1. The first-order valence-corrected chi connectivity index (χ1v) is 5.36. The molecule has 1 saturated heterocycles. The van der Waals surface area contributed by atoms with Gasteiger partial charge in [0.15, 0.2) is 0 Å². The lowest BCUT2D eigenvalue weighted by Crippen LogP contribution is -2.32. The van der Waals surface area contributed by atoms with Crippen molar-refractivity contribution < 1.29 is 0 Å². The molecule has 0 saturated carbocycles. The van der Waals surface area contributed by atoms with E-state index in [4.69, 9.17) is 0 Å². The number of hydrogen-bond donors (Lipinski definition) is 1. The quantitative estimate of drug-likeness (QED) is 0.638. The fraction of sp³-hybridized carbons (Fsp3) is 1.00. The standard InChI is InChI=1S/C9H19NS/c1-2-9(5-8-11)10-6-3-4-7-10/h9,11H,2-8H2,1H3. The molecule has 0 aromatic rings. The van der Waals surface area contributed by atoms with Crippen LogP contribution in [0.1, 0.15) is 32.6 Å². The van der Waals surface area contributed by atoms with Gasteiger partial charge < -0.3 is 4.90 Å². The van der Waals surface area contributed by atoms with Crippen molar-refractivity contribution in [1.29, 1.82) is 0 Å². The molecule has 0 aromatic carbocycles. The van der Waals surface area contributed by atoms with Gasteiger partial charge in [0, 0.05) is 6.04 Å². The number of likely N-dealkylation sites (tertiary alicyclic amines) is 1. The Kier molecular flexibility index (Phi) is 4.31. The Morgan fingerprint density at radius 1 is 1.36 bits per heavy atom. The van der Waals surface area contributed by atoms with Gasteiger partial charge in [0.1, 0.15) is 0 Å². The van der Waals surface area contributed by atoms with Crippen molar-refractivity contribution in [2.75, 3.05) is 18.8 Å². The highest BCUT2D eigenvalue weighted by Crippen LogP contribution is 2.16. The van der Waals surface area contributed by atoms with E-state index >= 15 is 0 Å². The summed E-state index contributed by atoms with van der Waals surface area (Å²) in [5.74, 6) is 1.04. The van der Waals surface area contributed by atoms with Crippen LogP contribution in [0.2, 0.25) is 0 Å². The fourth-order valence-electron chi connectivity index (χ4n) is 1.90. The van der Waals surface area contributed by atoms with Crippen LogP contribution in [-0.4, -0.2) is 29.8 Å². The van der Waals surface area contributed by atoms with Gasteiger partial charge in [-0.25, -0.2) is 0 Å². The molecular weight excluding hydrogens is 154 g/mol. The van der Waals surface area contributed by atoms with Crippen LogP contribution in [0.4, 0.5) is 0 Å². The van der Waals surface area contributed by atoms with Gasteiger partial charge in [0.2, 0.25) is 0 Å². The Labute approximate surface area is 75.6 Å². The molecule has 66 valence electrons. The second-order valence-corrected chi connectivity index (χ2v) is 3.76. The van der Waals surface area contributed by atoms with E-state index in [2.05, 4.69) is 24.5 Å². The van der Waals surface area contributed by atoms with E-state index in [1.54, 1.807) is 0 Å². The molecule has 1 fully saturated rings. The minimum atomic E-state index is 0.815. The highest BCUT2D eigenvalue weighted by molar-refractivity contribution is 7.80. The molecule has 0 radical (unpaired) electrons. The zero-order valence-electron chi connectivity index (χ0n) is 7.42. The SMILES string of the molecule is CCC(CCS)N1CCCC1. The van der Waals surface area contributed by atoms with Crippen LogP contribution in [0.5, 0.6) is 0 Å². The maximum atomic E-state index is 4.28. The Hall–Kier alpha value is 0.310. The largest absolute Gasteiger partial charge is 0.300 e. The van der Waals surface area contributed by atoms with Gasteiger partial charge in [-0.05, 0) is 44.5 Å². The van der Waals surface area contributed by atoms with E-state index in [1.807, 2.05) is 0 Å². The van der Waals surface area contributed by atoms with E-state index in [0.717, 1.165) is 11.8 Å². The number of hydrogen-bond acceptors (Lipinski definition) is 2. The van der Waals surface area contributed by atoms with Gasteiger partial charge in [-0.1, -0.05) is 6.92 Å². The molecule has 11 heavy (non-hydrogen) atoms. The van der Waals surface area contributed by atoms with E-state index in [9.17, 15) is 0 Å². The summed E-state index contributed by atoms with van der Waals surface area (Å²) >= 11 is 4.28. The first-order chi connectivity index (χ1) is 5.38. The first-order valence-electron chi connectivity index (χ1n) is 4.73. The van der Waals surface area contributed by atoms with E-state index in [0.29, 0.717) is 0 Å². The summed E-state index contributed by atoms with van der Waals surface area (Å²) in [5, 5.41) is 0. The van der Waals surface area contributed by atoms with Crippen molar-refractivity contribution >= 4 is 12.6 Å². The minimum absolute atomic E-state index is 0.815. The average Bonchev–Trinajstić information content (AvgIpc) is 2.52. The summed E-state index contributed by atoms with van der Waals surface area (Å²) in [6.45, 7) is 4.94. The molecule has 1 rings (SSSR count). The van der Waals surface area contributed by atoms with Crippen LogP contribution in [0.25, 0.3) is 0 Å². The molecule has 1 heterocycles. The Bertz CT molecular complexity index is 99.7. The Morgan fingerprint density at radius 3 is 2.45 bits per heavy atom. The van der Waals surface area contributed by atoms with Gasteiger partial charge >= 0.3 is 0 Å². The van der Waals surface area contributed by atoms with Crippen LogP contribution in [-0.2, 0) is 0 Å². The van der Waals surface area contributed by atoms with Crippen LogP contribution in [0.15, 0.2) is 0 Å². The second kappa shape index (κ2) is 5.04. The highest BCUT2D eigenvalue weighted by atomic mass is 32.1.